The van der Waals surface area contributed by atoms with Crippen LogP contribution >= 0.6 is 23.2 Å². The molecule has 0 atom stereocenters. The molecule has 22 heavy (non-hydrogen) atoms. The normalized spacial score (nSPS) is 10.4. The standard InChI is InChI=1S/C15H21Cl2N3O2/c1-10(2)14(21)18-7-8-20-15(22)19-6-5-11-3-4-12(16)9-13(11)17/h3-4,9-10H,5-8H2,1-2H3,(H,18,21)(H2,19,20,22). The lowest BCUT2D eigenvalue weighted by atomic mass is 10.1. The number of benzene rings is 1. The first kappa shape index (κ1) is 18.6. The Morgan fingerprint density at radius 1 is 1.05 bits per heavy atom. The quantitative estimate of drug-likeness (QED) is 0.664. The van der Waals surface area contributed by atoms with Crippen LogP contribution in [-0.4, -0.2) is 31.6 Å². The third kappa shape index (κ3) is 7.00. The van der Waals surface area contributed by atoms with E-state index in [0.717, 1.165) is 5.56 Å². The minimum atomic E-state index is -0.274. The summed E-state index contributed by atoms with van der Waals surface area (Å²) in [6, 6.07) is 5.01. The van der Waals surface area contributed by atoms with Crippen LogP contribution in [0.3, 0.4) is 0 Å². The van der Waals surface area contributed by atoms with Gasteiger partial charge >= 0.3 is 6.03 Å². The molecule has 1 aromatic rings. The van der Waals surface area contributed by atoms with Crippen molar-refractivity contribution in [3.63, 3.8) is 0 Å². The van der Waals surface area contributed by atoms with Crippen LogP contribution in [0, 0.1) is 5.92 Å². The highest BCUT2D eigenvalue weighted by atomic mass is 35.5. The molecule has 3 amide bonds. The maximum absolute atomic E-state index is 11.6. The van der Waals surface area contributed by atoms with E-state index >= 15 is 0 Å². The Morgan fingerprint density at radius 3 is 2.32 bits per heavy atom. The number of hydrogen-bond acceptors (Lipinski definition) is 2. The van der Waals surface area contributed by atoms with E-state index in [2.05, 4.69) is 16.0 Å². The minimum absolute atomic E-state index is 0.0282. The summed E-state index contributed by atoms with van der Waals surface area (Å²) >= 11 is 11.9. The second-order valence-electron chi connectivity index (χ2n) is 5.11. The summed E-state index contributed by atoms with van der Waals surface area (Å²) in [4.78, 5) is 22.9. The van der Waals surface area contributed by atoms with Gasteiger partial charge in [0.15, 0.2) is 0 Å². The van der Waals surface area contributed by atoms with E-state index in [0.29, 0.717) is 36.1 Å². The van der Waals surface area contributed by atoms with Gasteiger partial charge in [-0.1, -0.05) is 43.1 Å². The van der Waals surface area contributed by atoms with Gasteiger partial charge in [-0.25, -0.2) is 4.79 Å². The first-order chi connectivity index (χ1) is 10.4. The highest BCUT2D eigenvalue weighted by Crippen LogP contribution is 2.20. The van der Waals surface area contributed by atoms with E-state index in [1.807, 2.05) is 19.9 Å². The Kier molecular flexibility index (Phi) is 8.06. The lowest BCUT2D eigenvalue weighted by Crippen LogP contribution is -2.41. The molecule has 7 heteroatoms. The maximum atomic E-state index is 11.6. The molecule has 0 spiro atoms. The molecule has 0 aliphatic heterocycles. The summed E-state index contributed by atoms with van der Waals surface area (Å²) < 4.78 is 0. The molecule has 0 unspecified atom stereocenters. The highest BCUT2D eigenvalue weighted by molar-refractivity contribution is 6.35. The topological polar surface area (TPSA) is 70.2 Å². The van der Waals surface area contributed by atoms with Crippen LogP contribution in [0.2, 0.25) is 10.0 Å². The second kappa shape index (κ2) is 9.54. The Labute approximate surface area is 140 Å². The molecule has 0 aliphatic rings. The van der Waals surface area contributed by atoms with Gasteiger partial charge in [0.2, 0.25) is 5.91 Å². The van der Waals surface area contributed by atoms with Gasteiger partial charge in [0, 0.05) is 35.6 Å². The molecule has 0 radical (unpaired) electrons. The van der Waals surface area contributed by atoms with Crippen LogP contribution < -0.4 is 16.0 Å². The molecule has 0 aliphatic carbocycles. The van der Waals surface area contributed by atoms with Crippen molar-refractivity contribution in [2.75, 3.05) is 19.6 Å². The third-order valence-electron chi connectivity index (χ3n) is 2.93. The number of carbonyl (C=O) groups excluding carboxylic acids is 2. The van der Waals surface area contributed by atoms with E-state index in [9.17, 15) is 9.59 Å². The summed E-state index contributed by atoms with van der Waals surface area (Å²) in [6.45, 7) is 4.89. The first-order valence-corrected chi connectivity index (χ1v) is 7.89. The first-order valence-electron chi connectivity index (χ1n) is 7.13. The zero-order chi connectivity index (χ0) is 16.5. The summed E-state index contributed by atoms with van der Waals surface area (Å²) in [5, 5.41) is 9.29. The number of amides is 3. The molecule has 0 fully saturated rings. The fourth-order valence-electron chi connectivity index (χ4n) is 1.66. The van der Waals surface area contributed by atoms with Gasteiger partial charge in [-0.3, -0.25) is 4.79 Å². The SMILES string of the molecule is CC(C)C(=O)NCCNC(=O)NCCc1ccc(Cl)cc1Cl. The third-order valence-corrected chi connectivity index (χ3v) is 3.52. The zero-order valence-corrected chi connectivity index (χ0v) is 14.2. The molecule has 0 bridgehead atoms. The van der Waals surface area contributed by atoms with E-state index in [1.165, 1.54) is 0 Å². The van der Waals surface area contributed by atoms with Crippen molar-refractivity contribution in [2.24, 2.45) is 5.92 Å². The van der Waals surface area contributed by atoms with Crippen molar-refractivity contribution in [1.82, 2.24) is 16.0 Å². The monoisotopic (exact) mass is 345 g/mol. The van der Waals surface area contributed by atoms with Crippen LogP contribution in [-0.2, 0) is 11.2 Å². The highest BCUT2D eigenvalue weighted by Gasteiger charge is 2.06. The van der Waals surface area contributed by atoms with Crippen LogP contribution in [0.5, 0.6) is 0 Å². The molecule has 0 aromatic heterocycles. The molecule has 0 heterocycles. The molecular formula is C15H21Cl2N3O2. The number of nitrogens with one attached hydrogen (secondary N) is 3. The fourth-order valence-corrected chi connectivity index (χ4v) is 2.17. The van der Waals surface area contributed by atoms with Crippen LogP contribution in [0.1, 0.15) is 19.4 Å². The van der Waals surface area contributed by atoms with Crippen molar-refractivity contribution < 1.29 is 9.59 Å². The molecule has 1 aromatic carbocycles. The molecule has 3 N–H and O–H groups in total. The molecule has 122 valence electrons. The van der Waals surface area contributed by atoms with Crippen molar-refractivity contribution >= 4 is 35.1 Å². The van der Waals surface area contributed by atoms with Crippen molar-refractivity contribution in [2.45, 2.75) is 20.3 Å². The van der Waals surface area contributed by atoms with Crippen molar-refractivity contribution in [3.05, 3.63) is 33.8 Å². The second-order valence-corrected chi connectivity index (χ2v) is 5.96. The number of carbonyl (C=O) groups is 2. The number of urea groups is 1. The van der Waals surface area contributed by atoms with Gasteiger partial charge in [0.05, 0.1) is 0 Å². The number of hydrogen-bond donors (Lipinski definition) is 3. The Hall–Kier alpha value is -1.46. The lowest BCUT2D eigenvalue weighted by molar-refractivity contribution is -0.123. The summed E-state index contributed by atoms with van der Waals surface area (Å²) in [6.07, 6.45) is 0.619. The minimum Gasteiger partial charge on any atom is -0.354 e. The molecule has 1 rings (SSSR count). The van der Waals surface area contributed by atoms with Crippen molar-refractivity contribution in [3.8, 4) is 0 Å². The lowest BCUT2D eigenvalue weighted by Gasteiger charge is -2.10. The Balaban J connectivity index is 2.17. The van der Waals surface area contributed by atoms with E-state index in [1.54, 1.807) is 12.1 Å². The van der Waals surface area contributed by atoms with Crippen LogP contribution in [0.15, 0.2) is 18.2 Å². The Bertz CT molecular complexity index is 522. The predicted octanol–water partition coefficient (Wildman–Crippen LogP) is 2.61. The van der Waals surface area contributed by atoms with Crippen LogP contribution in [0.25, 0.3) is 0 Å². The van der Waals surface area contributed by atoms with Gasteiger partial charge in [0.25, 0.3) is 0 Å². The van der Waals surface area contributed by atoms with E-state index < -0.39 is 0 Å². The largest absolute Gasteiger partial charge is 0.354 e. The average Bonchev–Trinajstić information content (AvgIpc) is 2.45. The average molecular weight is 346 g/mol. The molecule has 0 saturated carbocycles. The molecule has 5 nitrogen and oxygen atoms in total. The molecular weight excluding hydrogens is 325 g/mol. The Morgan fingerprint density at radius 2 is 1.68 bits per heavy atom. The number of halogens is 2. The summed E-state index contributed by atoms with van der Waals surface area (Å²) in [5.41, 5.74) is 0.926. The van der Waals surface area contributed by atoms with E-state index in [-0.39, 0.29) is 17.9 Å². The summed E-state index contributed by atoms with van der Waals surface area (Å²) in [7, 11) is 0. The molecule has 0 saturated heterocycles. The fraction of sp³-hybridized carbons (Fsp3) is 0.467. The van der Waals surface area contributed by atoms with Gasteiger partial charge in [-0.2, -0.15) is 0 Å². The smallest absolute Gasteiger partial charge is 0.314 e. The predicted molar refractivity (Wildman–Crippen MR) is 89.4 cm³/mol. The van der Waals surface area contributed by atoms with Gasteiger partial charge in [-0.15, -0.1) is 0 Å². The summed E-state index contributed by atoms with van der Waals surface area (Å²) in [5.74, 6) is -0.0856. The number of rotatable bonds is 7. The van der Waals surface area contributed by atoms with Gasteiger partial charge in [0.1, 0.15) is 0 Å². The van der Waals surface area contributed by atoms with Crippen molar-refractivity contribution in [1.29, 1.82) is 0 Å². The van der Waals surface area contributed by atoms with Crippen LogP contribution in [0.4, 0.5) is 4.79 Å². The van der Waals surface area contributed by atoms with Gasteiger partial charge in [-0.05, 0) is 24.1 Å². The van der Waals surface area contributed by atoms with Gasteiger partial charge < -0.3 is 16.0 Å². The maximum Gasteiger partial charge on any atom is 0.314 e. The zero-order valence-electron chi connectivity index (χ0n) is 12.7. The van der Waals surface area contributed by atoms with E-state index in [4.69, 9.17) is 23.2 Å².